The van der Waals surface area contributed by atoms with Crippen molar-refractivity contribution in [2.45, 2.75) is 12.5 Å². The second-order valence-corrected chi connectivity index (χ2v) is 7.72. The van der Waals surface area contributed by atoms with Gasteiger partial charge in [0.15, 0.2) is 0 Å². The topological polar surface area (TPSA) is 24.5 Å². The van der Waals surface area contributed by atoms with Crippen LogP contribution in [0, 0.1) is 0 Å². The maximum Gasteiger partial charge on any atom is 0.124 e. The van der Waals surface area contributed by atoms with E-state index in [9.17, 15) is 0 Å². The Morgan fingerprint density at radius 1 is 1.04 bits per heavy atom. The summed E-state index contributed by atoms with van der Waals surface area (Å²) < 4.78 is 7.89. The van der Waals surface area contributed by atoms with E-state index in [1.165, 1.54) is 11.1 Å². The van der Waals surface area contributed by atoms with Crippen molar-refractivity contribution in [3.63, 3.8) is 0 Å². The average molecular weight is 454 g/mol. The van der Waals surface area contributed by atoms with Crippen LogP contribution >= 0.6 is 31.9 Å². The Labute approximate surface area is 160 Å². The van der Waals surface area contributed by atoms with E-state index in [-0.39, 0.29) is 6.04 Å². The zero-order chi connectivity index (χ0) is 16.9. The van der Waals surface area contributed by atoms with Gasteiger partial charge in [-0.1, -0.05) is 50.1 Å². The van der Waals surface area contributed by atoms with Crippen LogP contribution in [0.2, 0.25) is 0 Å². The first-order chi connectivity index (χ1) is 11.7. The fourth-order valence-electron chi connectivity index (χ4n) is 3.30. The lowest BCUT2D eigenvalue weighted by atomic mass is 9.96. The van der Waals surface area contributed by atoms with Crippen molar-refractivity contribution in [2.75, 3.05) is 33.3 Å². The highest BCUT2D eigenvalue weighted by Gasteiger charge is 2.27. The number of halogens is 2. The molecule has 3 nitrogen and oxygen atoms in total. The van der Waals surface area contributed by atoms with Gasteiger partial charge in [0.2, 0.25) is 0 Å². The molecule has 1 atom stereocenters. The van der Waals surface area contributed by atoms with Crippen LogP contribution in [0.3, 0.4) is 0 Å². The van der Waals surface area contributed by atoms with Crippen molar-refractivity contribution in [1.29, 1.82) is 0 Å². The van der Waals surface area contributed by atoms with Crippen LogP contribution in [0.5, 0.6) is 5.75 Å². The molecule has 0 aromatic heterocycles. The van der Waals surface area contributed by atoms with Gasteiger partial charge >= 0.3 is 0 Å². The van der Waals surface area contributed by atoms with E-state index < -0.39 is 0 Å². The van der Waals surface area contributed by atoms with Crippen molar-refractivity contribution in [2.24, 2.45) is 0 Å². The van der Waals surface area contributed by atoms with E-state index in [0.717, 1.165) is 47.3 Å². The highest BCUT2D eigenvalue weighted by molar-refractivity contribution is 9.10. The van der Waals surface area contributed by atoms with Crippen LogP contribution in [0.25, 0.3) is 0 Å². The summed E-state index contributed by atoms with van der Waals surface area (Å²) in [4.78, 5) is 2.55. The van der Waals surface area contributed by atoms with Gasteiger partial charge in [0.05, 0.1) is 13.2 Å². The summed E-state index contributed by atoms with van der Waals surface area (Å²) >= 11 is 7.38. The summed E-state index contributed by atoms with van der Waals surface area (Å²) in [6.07, 6.45) is 1.15. The van der Waals surface area contributed by atoms with Gasteiger partial charge < -0.3 is 10.1 Å². The van der Waals surface area contributed by atoms with Crippen LogP contribution < -0.4 is 10.1 Å². The first-order valence-electron chi connectivity index (χ1n) is 8.23. The number of ether oxygens (including phenoxy) is 1. The monoisotopic (exact) mass is 452 g/mol. The SMILES string of the molecule is COc1ccc(Br)cc1C(c1ccccc1Br)N1CCCNCC1. The Kier molecular flexibility index (Phi) is 6.33. The Bertz CT molecular complexity index is 685. The number of rotatable bonds is 4. The zero-order valence-electron chi connectivity index (χ0n) is 13.8. The number of nitrogens with one attached hydrogen (secondary N) is 1. The molecule has 128 valence electrons. The summed E-state index contributed by atoms with van der Waals surface area (Å²) in [5, 5.41) is 3.50. The number of hydrogen-bond donors (Lipinski definition) is 1. The molecule has 1 aliphatic rings. The Morgan fingerprint density at radius 3 is 2.67 bits per heavy atom. The van der Waals surface area contributed by atoms with E-state index in [2.05, 4.69) is 72.4 Å². The minimum Gasteiger partial charge on any atom is -0.496 e. The van der Waals surface area contributed by atoms with Gasteiger partial charge in [-0.2, -0.15) is 0 Å². The molecule has 0 saturated carbocycles. The van der Waals surface area contributed by atoms with E-state index in [1.807, 2.05) is 12.1 Å². The van der Waals surface area contributed by atoms with Gasteiger partial charge in [0.1, 0.15) is 5.75 Å². The quantitative estimate of drug-likeness (QED) is 0.731. The lowest BCUT2D eigenvalue weighted by Crippen LogP contribution is -2.33. The lowest BCUT2D eigenvalue weighted by Gasteiger charge is -2.33. The van der Waals surface area contributed by atoms with Crippen LogP contribution in [0.4, 0.5) is 0 Å². The Morgan fingerprint density at radius 2 is 1.88 bits per heavy atom. The molecule has 3 rings (SSSR count). The minimum absolute atomic E-state index is 0.160. The van der Waals surface area contributed by atoms with Crippen molar-refractivity contribution >= 4 is 31.9 Å². The van der Waals surface area contributed by atoms with Gasteiger partial charge in [-0.15, -0.1) is 0 Å². The van der Waals surface area contributed by atoms with E-state index in [0.29, 0.717) is 0 Å². The van der Waals surface area contributed by atoms with E-state index in [4.69, 9.17) is 4.74 Å². The molecule has 1 heterocycles. The summed E-state index contributed by atoms with van der Waals surface area (Å²) in [7, 11) is 1.74. The molecule has 5 heteroatoms. The summed E-state index contributed by atoms with van der Waals surface area (Å²) in [5.41, 5.74) is 2.47. The first kappa shape index (κ1) is 17.9. The standard InChI is InChI=1S/C19H22Br2N2O/c1-24-18-8-7-14(20)13-16(18)19(15-5-2-3-6-17(15)21)23-11-4-9-22-10-12-23/h2-3,5-8,13,19,22H,4,9-12H2,1H3. The van der Waals surface area contributed by atoms with Gasteiger partial charge in [-0.25, -0.2) is 0 Å². The van der Waals surface area contributed by atoms with Gasteiger partial charge in [-0.3, -0.25) is 4.90 Å². The average Bonchev–Trinajstić information content (AvgIpc) is 2.86. The molecule has 0 radical (unpaired) electrons. The second kappa shape index (κ2) is 8.48. The number of nitrogens with zero attached hydrogens (tertiary/aromatic N) is 1. The molecule has 2 aromatic rings. The number of methoxy groups -OCH3 is 1. The molecular formula is C19H22Br2N2O. The van der Waals surface area contributed by atoms with E-state index in [1.54, 1.807) is 7.11 Å². The fraction of sp³-hybridized carbons (Fsp3) is 0.368. The molecule has 1 saturated heterocycles. The minimum atomic E-state index is 0.160. The van der Waals surface area contributed by atoms with Gasteiger partial charge in [0.25, 0.3) is 0 Å². The molecule has 1 aliphatic heterocycles. The maximum atomic E-state index is 5.69. The smallest absolute Gasteiger partial charge is 0.124 e. The van der Waals surface area contributed by atoms with Crippen molar-refractivity contribution in [3.05, 3.63) is 62.5 Å². The lowest BCUT2D eigenvalue weighted by molar-refractivity contribution is 0.235. The molecular weight excluding hydrogens is 432 g/mol. The number of hydrogen-bond acceptors (Lipinski definition) is 3. The molecule has 0 spiro atoms. The van der Waals surface area contributed by atoms with Crippen molar-refractivity contribution in [3.8, 4) is 5.75 Å². The Hall–Kier alpha value is -0.880. The van der Waals surface area contributed by atoms with Gasteiger partial charge in [-0.05, 0) is 42.8 Å². The predicted octanol–water partition coefficient (Wildman–Crippen LogP) is 4.60. The predicted molar refractivity (Wildman–Crippen MR) is 106 cm³/mol. The number of benzene rings is 2. The van der Waals surface area contributed by atoms with Crippen molar-refractivity contribution < 1.29 is 4.74 Å². The molecule has 2 aromatic carbocycles. The van der Waals surface area contributed by atoms with Crippen LogP contribution in [0.15, 0.2) is 51.4 Å². The zero-order valence-corrected chi connectivity index (χ0v) is 16.9. The fourth-order valence-corrected chi connectivity index (χ4v) is 4.18. The van der Waals surface area contributed by atoms with Crippen LogP contribution in [-0.4, -0.2) is 38.2 Å². The van der Waals surface area contributed by atoms with Crippen LogP contribution in [0.1, 0.15) is 23.6 Å². The molecule has 0 bridgehead atoms. The van der Waals surface area contributed by atoms with Crippen LogP contribution in [-0.2, 0) is 0 Å². The maximum absolute atomic E-state index is 5.69. The molecule has 0 amide bonds. The molecule has 1 N–H and O–H groups in total. The summed E-state index contributed by atoms with van der Waals surface area (Å²) in [6, 6.07) is 14.9. The normalized spacial score (nSPS) is 17.3. The third-order valence-electron chi connectivity index (χ3n) is 4.43. The highest BCUT2D eigenvalue weighted by Crippen LogP contribution is 2.39. The summed E-state index contributed by atoms with van der Waals surface area (Å²) in [6.45, 7) is 4.17. The molecule has 1 unspecified atom stereocenters. The third-order valence-corrected chi connectivity index (χ3v) is 5.64. The highest BCUT2D eigenvalue weighted by atomic mass is 79.9. The van der Waals surface area contributed by atoms with Gasteiger partial charge in [0, 0.05) is 34.1 Å². The summed E-state index contributed by atoms with van der Waals surface area (Å²) in [5.74, 6) is 0.927. The largest absolute Gasteiger partial charge is 0.496 e. The molecule has 0 aliphatic carbocycles. The third kappa shape index (κ3) is 4.02. The van der Waals surface area contributed by atoms with Crippen molar-refractivity contribution in [1.82, 2.24) is 10.2 Å². The molecule has 24 heavy (non-hydrogen) atoms. The first-order valence-corrected chi connectivity index (χ1v) is 9.82. The Balaban J connectivity index is 2.11. The molecule has 1 fully saturated rings. The van der Waals surface area contributed by atoms with E-state index >= 15 is 0 Å². The second-order valence-electron chi connectivity index (χ2n) is 5.95.